The second kappa shape index (κ2) is 6.44. The molecule has 2 heterocycles. The van der Waals surface area contributed by atoms with E-state index >= 15 is 0 Å². The van der Waals surface area contributed by atoms with Crippen molar-refractivity contribution in [2.45, 2.75) is 6.92 Å². The van der Waals surface area contributed by atoms with Crippen molar-refractivity contribution < 1.29 is 9.53 Å². The van der Waals surface area contributed by atoms with Gasteiger partial charge in [-0.05, 0) is 43.3 Å². The SMILES string of the molecule is COc1ccc2nc(C)c(C(=O)Nc3cccc4cccnc34)cc2c1. The largest absolute Gasteiger partial charge is 0.497 e. The van der Waals surface area contributed by atoms with E-state index in [2.05, 4.69) is 15.3 Å². The van der Waals surface area contributed by atoms with Crippen LogP contribution in [0.2, 0.25) is 0 Å². The number of rotatable bonds is 3. The van der Waals surface area contributed by atoms with E-state index in [-0.39, 0.29) is 5.91 Å². The van der Waals surface area contributed by atoms with E-state index in [1.54, 1.807) is 13.3 Å². The third-order valence-electron chi connectivity index (χ3n) is 4.34. The van der Waals surface area contributed by atoms with Crippen LogP contribution in [0, 0.1) is 6.92 Å². The number of nitrogens with one attached hydrogen (secondary N) is 1. The maximum atomic E-state index is 12.9. The Balaban J connectivity index is 1.74. The Morgan fingerprint density at radius 2 is 1.88 bits per heavy atom. The molecule has 0 saturated heterocycles. The van der Waals surface area contributed by atoms with Crippen molar-refractivity contribution in [1.82, 2.24) is 9.97 Å². The van der Waals surface area contributed by atoms with E-state index in [0.717, 1.165) is 27.6 Å². The number of hydrogen-bond donors (Lipinski definition) is 1. The summed E-state index contributed by atoms with van der Waals surface area (Å²) < 4.78 is 5.26. The molecule has 5 heteroatoms. The number of aromatic nitrogens is 2. The lowest BCUT2D eigenvalue weighted by Gasteiger charge is -2.11. The molecular formula is C21H17N3O2. The average Bonchev–Trinajstić information content (AvgIpc) is 2.67. The first-order chi connectivity index (χ1) is 12.7. The molecule has 4 aromatic rings. The van der Waals surface area contributed by atoms with Gasteiger partial charge in [-0.1, -0.05) is 18.2 Å². The summed E-state index contributed by atoms with van der Waals surface area (Å²) in [5.74, 6) is 0.519. The number of fused-ring (bicyclic) bond motifs is 2. The molecule has 0 aliphatic heterocycles. The van der Waals surface area contributed by atoms with Crippen LogP contribution >= 0.6 is 0 Å². The first kappa shape index (κ1) is 16.0. The second-order valence-electron chi connectivity index (χ2n) is 6.01. The average molecular weight is 343 g/mol. The summed E-state index contributed by atoms with van der Waals surface area (Å²) >= 11 is 0. The zero-order valence-corrected chi connectivity index (χ0v) is 14.5. The van der Waals surface area contributed by atoms with Gasteiger partial charge in [-0.2, -0.15) is 0 Å². The minimum Gasteiger partial charge on any atom is -0.497 e. The van der Waals surface area contributed by atoms with E-state index in [1.165, 1.54) is 0 Å². The summed E-state index contributed by atoms with van der Waals surface area (Å²) in [5.41, 5.74) is 3.47. The lowest BCUT2D eigenvalue weighted by molar-refractivity contribution is 0.102. The van der Waals surface area contributed by atoms with Crippen molar-refractivity contribution >= 4 is 33.4 Å². The number of carbonyl (C=O) groups excluding carboxylic acids is 1. The van der Waals surface area contributed by atoms with E-state index in [0.29, 0.717) is 16.9 Å². The Bertz CT molecular complexity index is 1130. The smallest absolute Gasteiger partial charge is 0.257 e. The Kier molecular flexibility index (Phi) is 3.97. The van der Waals surface area contributed by atoms with Crippen LogP contribution in [-0.4, -0.2) is 23.0 Å². The zero-order valence-electron chi connectivity index (χ0n) is 14.5. The second-order valence-corrected chi connectivity index (χ2v) is 6.01. The molecule has 5 nitrogen and oxygen atoms in total. The van der Waals surface area contributed by atoms with Crippen molar-refractivity contribution in [1.29, 1.82) is 0 Å². The molecule has 0 spiro atoms. The topological polar surface area (TPSA) is 64.1 Å². The number of carbonyl (C=O) groups is 1. The fraction of sp³-hybridized carbons (Fsp3) is 0.0952. The van der Waals surface area contributed by atoms with E-state index in [1.807, 2.05) is 61.5 Å². The van der Waals surface area contributed by atoms with Gasteiger partial charge in [-0.15, -0.1) is 0 Å². The van der Waals surface area contributed by atoms with Gasteiger partial charge >= 0.3 is 0 Å². The van der Waals surface area contributed by atoms with Gasteiger partial charge in [0.2, 0.25) is 0 Å². The fourth-order valence-corrected chi connectivity index (χ4v) is 3.00. The predicted molar refractivity (Wildman–Crippen MR) is 103 cm³/mol. The summed E-state index contributed by atoms with van der Waals surface area (Å²) in [4.78, 5) is 21.8. The molecule has 128 valence electrons. The first-order valence-electron chi connectivity index (χ1n) is 8.26. The Morgan fingerprint density at radius 1 is 1.04 bits per heavy atom. The van der Waals surface area contributed by atoms with Crippen LogP contribution in [0.5, 0.6) is 5.75 Å². The van der Waals surface area contributed by atoms with Crippen LogP contribution in [0.4, 0.5) is 5.69 Å². The van der Waals surface area contributed by atoms with E-state index in [9.17, 15) is 4.79 Å². The van der Waals surface area contributed by atoms with Crippen LogP contribution in [0.1, 0.15) is 16.1 Å². The normalized spacial score (nSPS) is 10.8. The van der Waals surface area contributed by atoms with Gasteiger partial charge in [-0.25, -0.2) is 0 Å². The highest BCUT2D eigenvalue weighted by molar-refractivity contribution is 6.10. The first-order valence-corrected chi connectivity index (χ1v) is 8.26. The van der Waals surface area contributed by atoms with Gasteiger partial charge in [0.25, 0.3) is 5.91 Å². The van der Waals surface area contributed by atoms with Gasteiger partial charge in [0.05, 0.1) is 35.1 Å². The predicted octanol–water partition coefficient (Wildman–Crippen LogP) is 4.35. The molecule has 0 radical (unpaired) electrons. The van der Waals surface area contributed by atoms with Crippen molar-refractivity contribution in [3.63, 3.8) is 0 Å². The summed E-state index contributed by atoms with van der Waals surface area (Å²) in [6.07, 6.45) is 1.72. The molecule has 2 aromatic carbocycles. The van der Waals surface area contributed by atoms with Crippen molar-refractivity contribution in [3.05, 3.63) is 72.1 Å². The standard InChI is InChI=1S/C21H17N3O2/c1-13-17(12-15-11-16(26-2)8-9-18(15)23-13)21(25)24-19-7-3-5-14-6-4-10-22-20(14)19/h3-12H,1-2H3,(H,24,25). The molecule has 26 heavy (non-hydrogen) atoms. The minimum atomic E-state index is -0.210. The number of methoxy groups -OCH3 is 1. The Labute approximate surface area is 150 Å². The van der Waals surface area contributed by atoms with Gasteiger partial charge < -0.3 is 10.1 Å². The van der Waals surface area contributed by atoms with Crippen molar-refractivity contribution in [2.75, 3.05) is 12.4 Å². The van der Waals surface area contributed by atoms with Crippen LogP contribution in [0.15, 0.2) is 60.8 Å². The number of anilines is 1. The molecule has 4 rings (SSSR count). The Hall–Kier alpha value is -3.47. The zero-order chi connectivity index (χ0) is 18.1. The molecule has 1 amide bonds. The number of nitrogens with zero attached hydrogens (tertiary/aromatic N) is 2. The molecule has 0 bridgehead atoms. The van der Waals surface area contributed by atoms with Gasteiger partial charge in [-0.3, -0.25) is 14.8 Å². The number of para-hydroxylation sites is 1. The lowest BCUT2D eigenvalue weighted by atomic mass is 10.1. The lowest BCUT2D eigenvalue weighted by Crippen LogP contribution is -2.14. The number of aryl methyl sites for hydroxylation is 1. The number of hydrogen-bond acceptors (Lipinski definition) is 4. The maximum Gasteiger partial charge on any atom is 0.257 e. The van der Waals surface area contributed by atoms with E-state index < -0.39 is 0 Å². The van der Waals surface area contributed by atoms with Crippen molar-refractivity contribution in [2.24, 2.45) is 0 Å². The minimum absolute atomic E-state index is 0.210. The Morgan fingerprint density at radius 3 is 2.73 bits per heavy atom. The molecule has 0 aliphatic carbocycles. The van der Waals surface area contributed by atoms with Gasteiger partial charge in [0.15, 0.2) is 0 Å². The van der Waals surface area contributed by atoms with Gasteiger partial charge in [0, 0.05) is 17.0 Å². The van der Waals surface area contributed by atoms with Crippen molar-refractivity contribution in [3.8, 4) is 5.75 Å². The molecule has 0 atom stereocenters. The molecule has 0 aliphatic rings. The molecule has 0 saturated carbocycles. The monoisotopic (exact) mass is 343 g/mol. The summed E-state index contributed by atoms with van der Waals surface area (Å²) in [5, 5.41) is 4.80. The fourth-order valence-electron chi connectivity index (χ4n) is 3.00. The third kappa shape index (κ3) is 2.84. The van der Waals surface area contributed by atoms with Crippen LogP contribution in [0.3, 0.4) is 0 Å². The number of pyridine rings is 2. The van der Waals surface area contributed by atoms with Crippen LogP contribution in [0.25, 0.3) is 21.8 Å². The number of ether oxygens (including phenoxy) is 1. The maximum absolute atomic E-state index is 12.9. The van der Waals surface area contributed by atoms with Gasteiger partial charge in [0.1, 0.15) is 5.75 Å². The number of amides is 1. The summed E-state index contributed by atoms with van der Waals surface area (Å²) in [7, 11) is 1.61. The highest BCUT2D eigenvalue weighted by atomic mass is 16.5. The quantitative estimate of drug-likeness (QED) is 0.600. The number of benzene rings is 2. The summed E-state index contributed by atoms with van der Waals surface area (Å²) in [6.45, 7) is 1.83. The van der Waals surface area contributed by atoms with Crippen LogP contribution < -0.4 is 10.1 Å². The highest BCUT2D eigenvalue weighted by Crippen LogP contribution is 2.24. The third-order valence-corrected chi connectivity index (χ3v) is 4.34. The molecule has 0 unspecified atom stereocenters. The van der Waals surface area contributed by atoms with E-state index in [4.69, 9.17) is 4.74 Å². The summed E-state index contributed by atoms with van der Waals surface area (Å²) in [6, 6.07) is 17.0. The highest BCUT2D eigenvalue weighted by Gasteiger charge is 2.14. The molecule has 2 aromatic heterocycles. The molecular weight excluding hydrogens is 326 g/mol. The van der Waals surface area contributed by atoms with Crippen LogP contribution in [-0.2, 0) is 0 Å². The molecule has 1 N–H and O–H groups in total. The molecule has 0 fully saturated rings.